The van der Waals surface area contributed by atoms with Crippen LogP contribution in [0.3, 0.4) is 0 Å². The van der Waals surface area contributed by atoms with E-state index in [-0.39, 0.29) is 22.8 Å². The quantitative estimate of drug-likeness (QED) is 0.805. The van der Waals surface area contributed by atoms with Gasteiger partial charge >= 0.3 is 0 Å². The van der Waals surface area contributed by atoms with E-state index in [9.17, 15) is 13.2 Å². The van der Waals surface area contributed by atoms with Crippen LogP contribution in [0.2, 0.25) is 0 Å². The highest BCUT2D eigenvalue weighted by Gasteiger charge is 2.36. The Morgan fingerprint density at radius 1 is 1.23 bits per heavy atom. The molecular formula is C18H24N4O3S. The summed E-state index contributed by atoms with van der Waals surface area (Å²) in [5.74, 6) is 1.08. The average Bonchev–Trinajstić information content (AvgIpc) is 3.45. The number of carbonyl (C=O) groups is 1. The summed E-state index contributed by atoms with van der Waals surface area (Å²) >= 11 is 0. The van der Waals surface area contributed by atoms with Gasteiger partial charge in [-0.05, 0) is 43.7 Å². The van der Waals surface area contributed by atoms with Gasteiger partial charge in [0.1, 0.15) is 4.90 Å². The van der Waals surface area contributed by atoms with Crippen molar-refractivity contribution in [3.05, 3.63) is 29.8 Å². The number of fused-ring (bicyclic) bond motifs is 1. The summed E-state index contributed by atoms with van der Waals surface area (Å²) in [6, 6.07) is 7.00. The monoisotopic (exact) mass is 376 g/mol. The number of nitrogens with one attached hydrogen (secondary N) is 1. The van der Waals surface area contributed by atoms with E-state index in [1.165, 1.54) is 0 Å². The van der Waals surface area contributed by atoms with Crippen molar-refractivity contribution in [2.75, 3.05) is 19.6 Å². The molecule has 1 amide bonds. The Kier molecular flexibility index (Phi) is 4.48. The second-order valence-electron chi connectivity index (χ2n) is 7.34. The van der Waals surface area contributed by atoms with E-state index in [2.05, 4.69) is 9.71 Å². The highest BCUT2D eigenvalue weighted by molar-refractivity contribution is 7.90. The van der Waals surface area contributed by atoms with Gasteiger partial charge in [0.15, 0.2) is 5.84 Å². The Balaban J connectivity index is 1.40. The number of piperidine rings is 1. The lowest BCUT2D eigenvalue weighted by molar-refractivity contribution is -0.127. The maximum Gasteiger partial charge on any atom is 0.285 e. The predicted octanol–water partition coefficient (Wildman–Crippen LogP) is 0.701. The molecule has 3 aliphatic rings. The van der Waals surface area contributed by atoms with Crippen LogP contribution < -0.4 is 11.1 Å². The fraction of sp³-hybridized carbons (Fsp3) is 0.556. The minimum absolute atomic E-state index is 0.0482. The Morgan fingerprint density at radius 2 is 1.92 bits per heavy atom. The summed E-state index contributed by atoms with van der Waals surface area (Å²) < 4.78 is 28.4. The molecule has 0 bridgehead atoms. The van der Waals surface area contributed by atoms with E-state index < -0.39 is 10.0 Å². The van der Waals surface area contributed by atoms with Crippen LogP contribution >= 0.6 is 0 Å². The first-order valence-electron chi connectivity index (χ1n) is 9.19. The van der Waals surface area contributed by atoms with Crippen LogP contribution in [0.25, 0.3) is 0 Å². The van der Waals surface area contributed by atoms with Crippen molar-refractivity contribution in [3.8, 4) is 0 Å². The van der Waals surface area contributed by atoms with Crippen molar-refractivity contribution >= 4 is 21.8 Å². The van der Waals surface area contributed by atoms with Gasteiger partial charge in [0.2, 0.25) is 5.91 Å². The van der Waals surface area contributed by atoms with Crippen LogP contribution in [0.4, 0.5) is 0 Å². The molecule has 7 nitrogen and oxygen atoms in total. The zero-order chi connectivity index (χ0) is 18.3. The van der Waals surface area contributed by atoms with Gasteiger partial charge in [-0.3, -0.25) is 4.79 Å². The van der Waals surface area contributed by atoms with Gasteiger partial charge in [-0.1, -0.05) is 12.1 Å². The van der Waals surface area contributed by atoms with E-state index in [1.807, 2.05) is 11.0 Å². The van der Waals surface area contributed by atoms with Gasteiger partial charge in [0, 0.05) is 37.2 Å². The van der Waals surface area contributed by atoms with Crippen LogP contribution in [0.15, 0.2) is 33.6 Å². The van der Waals surface area contributed by atoms with Crippen molar-refractivity contribution in [3.63, 3.8) is 0 Å². The molecule has 0 aromatic heterocycles. The van der Waals surface area contributed by atoms with E-state index in [0.29, 0.717) is 49.8 Å². The largest absolute Gasteiger partial charge is 0.355 e. The number of likely N-dealkylation sites (tertiary alicyclic amines) is 1. The number of hydrogen-bond acceptors (Lipinski definition) is 5. The number of sulfonamides is 1. The van der Waals surface area contributed by atoms with E-state index in [1.54, 1.807) is 18.2 Å². The minimum atomic E-state index is -3.60. The second-order valence-corrected chi connectivity index (χ2v) is 8.91. The molecule has 140 valence electrons. The standard InChI is InChI=1S/C18H24N4O3S/c19-11-15(12-5-6-12)20-18(23)13-7-9-22(10-8-13)17-14-3-1-2-4-16(14)26(24,25)21-17/h1-4,12-13,15H,5-11,19H2,(H,20,23). The fourth-order valence-corrected chi connectivity index (χ4v) is 5.07. The van der Waals surface area contributed by atoms with E-state index >= 15 is 0 Å². The Morgan fingerprint density at radius 3 is 2.58 bits per heavy atom. The summed E-state index contributed by atoms with van der Waals surface area (Å²) in [7, 11) is -3.60. The minimum Gasteiger partial charge on any atom is -0.355 e. The molecule has 26 heavy (non-hydrogen) atoms. The summed E-state index contributed by atoms with van der Waals surface area (Å²) in [4.78, 5) is 14.8. The smallest absolute Gasteiger partial charge is 0.285 e. The second kappa shape index (κ2) is 6.66. The molecule has 0 radical (unpaired) electrons. The summed E-state index contributed by atoms with van der Waals surface area (Å²) in [6.45, 7) is 1.73. The van der Waals surface area contributed by atoms with Crippen molar-refractivity contribution in [1.82, 2.24) is 10.2 Å². The number of hydrogen-bond donors (Lipinski definition) is 2. The molecule has 1 aromatic carbocycles. The molecule has 0 spiro atoms. The van der Waals surface area contributed by atoms with Crippen molar-refractivity contribution in [2.24, 2.45) is 22.0 Å². The molecule has 1 unspecified atom stereocenters. The zero-order valence-electron chi connectivity index (χ0n) is 14.6. The third-order valence-corrected chi connectivity index (χ3v) is 6.88. The first kappa shape index (κ1) is 17.5. The summed E-state index contributed by atoms with van der Waals surface area (Å²) in [5.41, 5.74) is 6.43. The average molecular weight is 376 g/mol. The van der Waals surface area contributed by atoms with Crippen LogP contribution in [-0.2, 0) is 14.8 Å². The molecule has 8 heteroatoms. The zero-order valence-corrected chi connectivity index (χ0v) is 15.4. The van der Waals surface area contributed by atoms with Crippen LogP contribution in [0, 0.1) is 11.8 Å². The number of benzene rings is 1. The SMILES string of the molecule is NCC(NC(=O)C1CCN(C2=NS(=O)(=O)c3ccccc32)CC1)C1CC1. The third-order valence-electron chi connectivity index (χ3n) is 5.55. The molecule has 4 rings (SSSR count). The number of rotatable bonds is 4. The number of nitrogens with two attached hydrogens (primary N) is 1. The molecule has 2 aliphatic heterocycles. The van der Waals surface area contributed by atoms with Gasteiger partial charge in [-0.2, -0.15) is 8.42 Å². The van der Waals surface area contributed by atoms with Gasteiger partial charge in [0.05, 0.1) is 0 Å². The molecule has 2 fully saturated rings. The van der Waals surface area contributed by atoms with Gasteiger partial charge in [0.25, 0.3) is 10.0 Å². The molecule has 3 N–H and O–H groups in total. The molecular weight excluding hydrogens is 352 g/mol. The van der Waals surface area contributed by atoms with Crippen LogP contribution in [-0.4, -0.2) is 50.7 Å². The lowest BCUT2D eigenvalue weighted by Gasteiger charge is -2.33. The topological polar surface area (TPSA) is 105 Å². The predicted molar refractivity (Wildman–Crippen MR) is 98.2 cm³/mol. The highest BCUT2D eigenvalue weighted by atomic mass is 32.2. The Bertz CT molecular complexity index is 840. The number of amides is 1. The molecule has 1 aromatic rings. The maximum absolute atomic E-state index is 12.5. The van der Waals surface area contributed by atoms with Crippen LogP contribution in [0.5, 0.6) is 0 Å². The van der Waals surface area contributed by atoms with E-state index in [4.69, 9.17) is 5.73 Å². The van der Waals surface area contributed by atoms with Gasteiger partial charge < -0.3 is 16.0 Å². The molecule has 1 aliphatic carbocycles. The third kappa shape index (κ3) is 3.23. The molecule has 1 atom stereocenters. The van der Waals surface area contributed by atoms with Crippen molar-refractivity contribution in [2.45, 2.75) is 36.6 Å². The summed E-state index contributed by atoms with van der Waals surface area (Å²) in [5, 5.41) is 3.10. The van der Waals surface area contributed by atoms with Crippen molar-refractivity contribution < 1.29 is 13.2 Å². The number of nitrogens with zero attached hydrogens (tertiary/aromatic N) is 2. The first-order chi connectivity index (χ1) is 12.5. The number of carbonyl (C=O) groups excluding carboxylic acids is 1. The highest BCUT2D eigenvalue weighted by Crippen LogP contribution is 2.33. The van der Waals surface area contributed by atoms with Gasteiger partial charge in [-0.15, -0.1) is 4.40 Å². The normalized spacial score (nSPS) is 23.3. The molecule has 1 saturated heterocycles. The Labute approximate surface area is 153 Å². The van der Waals surface area contributed by atoms with Crippen LogP contribution in [0.1, 0.15) is 31.2 Å². The Hall–Kier alpha value is -1.93. The van der Waals surface area contributed by atoms with Crippen molar-refractivity contribution in [1.29, 1.82) is 0 Å². The number of amidine groups is 1. The first-order valence-corrected chi connectivity index (χ1v) is 10.6. The molecule has 1 saturated carbocycles. The fourth-order valence-electron chi connectivity index (χ4n) is 3.84. The lowest BCUT2D eigenvalue weighted by atomic mass is 9.94. The lowest BCUT2D eigenvalue weighted by Crippen LogP contribution is -2.48. The van der Waals surface area contributed by atoms with Gasteiger partial charge in [-0.25, -0.2) is 0 Å². The molecule has 2 heterocycles. The maximum atomic E-state index is 12.5. The summed E-state index contributed by atoms with van der Waals surface area (Å²) in [6.07, 6.45) is 3.67. The van der Waals surface area contributed by atoms with E-state index in [0.717, 1.165) is 12.8 Å².